The van der Waals surface area contributed by atoms with Crippen molar-refractivity contribution in [2.24, 2.45) is 0 Å². The van der Waals surface area contributed by atoms with E-state index >= 15 is 0 Å². The molecule has 0 amide bonds. The Labute approximate surface area is 137 Å². The van der Waals surface area contributed by atoms with Gasteiger partial charge in [0.05, 0.1) is 17.7 Å². The fraction of sp³-hybridized carbons (Fsp3) is 0.0588. The SMILES string of the molecule is COc1ccccc1-c1cc(C#N)nn1-c1ccccc1[N+](=O)[O-]. The molecule has 0 saturated carbocycles. The fourth-order valence-corrected chi connectivity index (χ4v) is 2.47. The zero-order valence-electron chi connectivity index (χ0n) is 12.7. The Balaban J connectivity index is 2.30. The number of nitro benzene ring substituents is 1. The van der Waals surface area contributed by atoms with Crippen LogP contribution < -0.4 is 4.74 Å². The van der Waals surface area contributed by atoms with Crippen molar-refractivity contribution >= 4 is 5.69 Å². The highest BCUT2D eigenvalue weighted by atomic mass is 16.6. The van der Waals surface area contributed by atoms with Gasteiger partial charge in [0.25, 0.3) is 5.69 Å². The third-order valence-corrected chi connectivity index (χ3v) is 3.51. The van der Waals surface area contributed by atoms with Crippen molar-refractivity contribution in [1.29, 1.82) is 5.26 Å². The number of rotatable bonds is 4. The molecule has 7 nitrogen and oxygen atoms in total. The highest BCUT2D eigenvalue weighted by molar-refractivity contribution is 5.71. The molecule has 118 valence electrons. The van der Waals surface area contributed by atoms with E-state index in [1.54, 1.807) is 30.3 Å². The first-order chi connectivity index (χ1) is 11.7. The van der Waals surface area contributed by atoms with Gasteiger partial charge in [-0.15, -0.1) is 0 Å². The summed E-state index contributed by atoms with van der Waals surface area (Å²) < 4.78 is 6.75. The van der Waals surface area contributed by atoms with E-state index in [1.165, 1.54) is 17.9 Å². The summed E-state index contributed by atoms with van der Waals surface area (Å²) in [4.78, 5) is 10.8. The summed E-state index contributed by atoms with van der Waals surface area (Å²) >= 11 is 0. The van der Waals surface area contributed by atoms with Gasteiger partial charge in [0, 0.05) is 17.7 Å². The van der Waals surface area contributed by atoms with Crippen LogP contribution in [0.3, 0.4) is 0 Å². The Morgan fingerprint density at radius 2 is 1.92 bits per heavy atom. The van der Waals surface area contributed by atoms with Crippen molar-refractivity contribution in [3.63, 3.8) is 0 Å². The summed E-state index contributed by atoms with van der Waals surface area (Å²) in [7, 11) is 1.54. The molecule has 3 rings (SSSR count). The van der Waals surface area contributed by atoms with Crippen LogP contribution in [0.1, 0.15) is 5.69 Å². The lowest BCUT2D eigenvalue weighted by atomic mass is 10.1. The van der Waals surface area contributed by atoms with E-state index in [4.69, 9.17) is 4.74 Å². The number of para-hydroxylation sites is 3. The van der Waals surface area contributed by atoms with Gasteiger partial charge in [0.1, 0.15) is 17.5 Å². The third-order valence-electron chi connectivity index (χ3n) is 3.51. The fourth-order valence-electron chi connectivity index (χ4n) is 2.47. The first kappa shape index (κ1) is 15.2. The summed E-state index contributed by atoms with van der Waals surface area (Å²) in [6, 6.07) is 17.0. The number of hydrogen-bond acceptors (Lipinski definition) is 5. The van der Waals surface area contributed by atoms with Crippen molar-refractivity contribution in [1.82, 2.24) is 9.78 Å². The normalized spacial score (nSPS) is 10.2. The number of nitriles is 1. The summed E-state index contributed by atoms with van der Waals surface area (Å²) in [5, 5.41) is 24.7. The molecule has 2 aromatic carbocycles. The maximum atomic E-state index is 11.3. The van der Waals surface area contributed by atoms with Crippen LogP contribution in [-0.2, 0) is 0 Å². The lowest BCUT2D eigenvalue weighted by molar-refractivity contribution is -0.384. The smallest absolute Gasteiger partial charge is 0.294 e. The molecule has 0 atom stereocenters. The van der Waals surface area contributed by atoms with Gasteiger partial charge in [0.15, 0.2) is 5.69 Å². The van der Waals surface area contributed by atoms with E-state index in [0.29, 0.717) is 17.0 Å². The molecule has 0 fully saturated rings. The number of nitro groups is 1. The second-order valence-electron chi connectivity index (χ2n) is 4.88. The van der Waals surface area contributed by atoms with Gasteiger partial charge in [0.2, 0.25) is 0 Å². The predicted octanol–water partition coefficient (Wildman–Crippen LogP) is 3.33. The maximum Gasteiger partial charge on any atom is 0.294 e. The Kier molecular flexibility index (Phi) is 3.95. The number of benzene rings is 2. The van der Waals surface area contributed by atoms with Gasteiger partial charge in [-0.25, -0.2) is 4.68 Å². The minimum absolute atomic E-state index is 0.0961. The molecular weight excluding hydrogens is 308 g/mol. The molecular formula is C17H12N4O3. The quantitative estimate of drug-likeness (QED) is 0.543. The summed E-state index contributed by atoms with van der Waals surface area (Å²) in [5.41, 5.74) is 1.57. The molecule has 1 aromatic heterocycles. The minimum atomic E-state index is -0.477. The largest absolute Gasteiger partial charge is 0.496 e. The average molecular weight is 320 g/mol. The van der Waals surface area contributed by atoms with Crippen LogP contribution in [0.25, 0.3) is 16.9 Å². The number of hydrogen-bond donors (Lipinski definition) is 0. The van der Waals surface area contributed by atoms with Gasteiger partial charge in [-0.05, 0) is 18.2 Å². The predicted molar refractivity (Wildman–Crippen MR) is 86.9 cm³/mol. The van der Waals surface area contributed by atoms with Crippen molar-refractivity contribution in [2.75, 3.05) is 7.11 Å². The van der Waals surface area contributed by atoms with E-state index in [1.807, 2.05) is 24.3 Å². The highest BCUT2D eigenvalue weighted by Gasteiger charge is 2.21. The monoisotopic (exact) mass is 320 g/mol. The van der Waals surface area contributed by atoms with Gasteiger partial charge in [-0.2, -0.15) is 10.4 Å². The minimum Gasteiger partial charge on any atom is -0.496 e. The number of methoxy groups -OCH3 is 1. The molecule has 3 aromatic rings. The molecule has 24 heavy (non-hydrogen) atoms. The lowest BCUT2D eigenvalue weighted by Gasteiger charge is -2.11. The van der Waals surface area contributed by atoms with Crippen LogP contribution in [0.4, 0.5) is 5.69 Å². The molecule has 0 bridgehead atoms. The van der Waals surface area contributed by atoms with Gasteiger partial charge in [-0.3, -0.25) is 10.1 Å². The first-order valence-electron chi connectivity index (χ1n) is 7.03. The molecule has 0 unspecified atom stereocenters. The molecule has 1 heterocycles. The maximum absolute atomic E-state index is 11.3. The Morgan fingerprint density at radius 3 is 2.62 bits per heavy atom. The zero-order valence-corrected chi connectivity index (χ0v) is 12.7. The van der Waals surface area contributed by atoms with Crippen LogP contribution in [0.5, 0.6) is 5.75 Å². The lowest BCUT2D eigenvalue weighted by Crippen LogP contribution is -2.04. The molecule has 0 spiro atoms. The van der Waals surface area contributed by atoms with E-state index in [-0.39, 0.29) is 17.1 Å². The summed E-state index contributed by atoms with van der Waals surface area (Å²) in [6.07, 6.45) is 0. The van der Waals surface area contributed by atoms with Crippen LogP contribution in [-0.4, -0.2) is 21.8 Å². The molecule has 0 saturated heterocycles. The Morgan fingerprint density at radius 1 is 1.21 bits per heavy atom. The molecule has 0 aliphatic heterocycles. The van der Waals surface area contributed by atoms with E-state index in [9.17, 15) is 15.4 Å². The molecule has 0 radical (unpaired) electrons. The Hall–Kier alpha value is -3.66. The summed E-state index contributed by atoms with van der Waals surface area (Å²) in [6.45, 7) is 0. The number of aromatic nitrogens is 2. The molecule has 0 aliphatic carbocycles. The number of ether oxygens (including phenoxy) is 1. The van der Waals surface area contributed by atoms with Gasteiger partial charge in [-0.1, -0.05) is 24.3 Å². The standard InChI is InChI=1S/C17H12N4O3/c1-24-17-9-5-2-6-13(17)16-10-12(11-18)19-20(16)14-7-3-4-8-15(14)21(22)23/h2-10H,1H3. The molecule has 0 aliphatic rings. The number of nitrogens with zero attached hydrogens (tertiary/aromatic N) is 4. The van der Waals surface area contributed by atoms with Crippen LogP contribution >= 0.6 is 0 Å². The van der Waals surface area contributed by atoms with Crippen LogP contribution in [0.15, 0.2) is 54.6 Å². The van der Waals surface area contributed by atoms with Gasteiger partial charge >= 0.3 is 0 Å². The van der Waals surface area contributed by atoms with Crippen molar-refractivity contribution in [3.05, 3.63) is 70.4 Å². The highest BCUT2D eigenvalue weighted by Crippen LogP contribution is 2.33. The van der Waals surface area contributed by atoms with Crippen molar-refractivity contribution in [2.45, 2.75) is 0 Å². The Bertz CT molecular complexity index is 956. The van der Waals surface area contributed by atoms with Crippen molar-refractivity contribution in [3.8, 4) is 28.8 Å². The third kappa shape index (κ3) is 2.57. The second kappa shape index (κ2) is 6.22. The zero-order chi connectivity index (χ0) is 17.1. The van der Waals surface area contributed by atoms with Gasteiger partial charge < -0.3 is 4.74 Å². The average Bonchev–Trinajstić information content (AvgIpc) is 3.05. The first-order valence-corrected chi connectivity index (χ1v) is 7.03. The molecule has 7 heteroatoms. The van der Waals surface area contributed by atoms with E-state index in [2.05, 4.69) is 5.10 Å². The van der Waals surface area contributed by atoms with Crippen LogP contribution in [0.2, 0.25) is 0 Å². The topological polar surface area (TPSA) is 94.0 Å². The van der Waals surface area contributed by atoms with Crippen molar-refractivity contribution < 1.29 is 9.66 Å². The molecule has 0 N–H and O–H groups in total. The summed E-state index contributed by atoms with van der Waals surface area (Å²) in [5.74, 6) is 0.585. The second-order valence-corrected chi connectivity index (χ2v) is 4.88. The van der Waals surface area contributed by atoms with Crippen LogP contribution in [0, 0.1) is 21.4 Å². The van der Waals surface area contributed by atoms with E-state index in [0.717, 1.165) is 0 Å². The van der Waals surface area contributed by atoms with E-state index < -0.39 is 4.92 Å².